The fraction of sp³-hybridized carbons (Fsp3) is 0.0526. The number of aryl methyl sites for hydroxylation is 1. The molecular weight excluding hydrogens is 288 g/mol. The Morgan fingerprint density at radius 3 is 2.74 bits per heavy atom. The first-order valence-corrected chi connectivity index (χ1v) is 7.13. The number of carbonyl (C=O) groups is 1. The SMILES string of the molecule is Cc1[nH]c2ccccc2c1C(=O)/C(C#N)=C/c1cccc(O)c1. The summed E-state index contributed by atoms with van der Waals surface area (Å²) in [6, 6.07) is 15.9. The molecule has 0 bridgehead atoms. The second kappa shape index (κ2) is 5.82. The van der Waals surface area contributed by atoms with Crippen LogP contribution in [0.2, 0.25) is 0 Å². The molecular formula is C19H14N2O2. The summed E-state index contributed by atoms with van der Waals surface area (Å²) < 4.78 is 0. The quantitative estimate of drug-likeness (QED) is 0.436. The van der Waals surface area contributed by atoms with E-state index in [1.807, 2.05) is 37.3 Å². The van der Waals surface area contributed by atoms with Crippen molar-refractivity contribution in [1.29, 1.82) is 5.26 Å². The van der Waals surface area contributed by atoms with E-state index < -0.39 is 0 Å². The average Bonchev–Trinajstić information content (AvgIpc) is 2.87. The highest BCUT2D eigenvalue weighted by Crippen LogP contribution is 2.25. The summed E-state index contributed by atoms with van der Waals surface area (Å²) >= 11 is 0. The number of benzene rings is 2. The number of fused-ring (bicyclic) bond motifs is 1. The van der Waals surface area contributed by atoms with Crippen LogP contribution in [0.4, 0.5) is 0 Å². The number of phenols is 1. The van der Waals surface area contributed by atoms with Crippen LogP contribution in [0.1, 0.15) is 21.6 Å². The maximum Gasteiger partial charge on any atom is 0.205 e. The van der Waals surface area contributed by atoms with Gasteiger partial charge in [-0.2, -0.15) is 5.26 Å². The third-order valence-corrected chi connectivity index (χ3v) is 3.67. The number of para-hydroxylation sites is 1. The topological polar surface area (TPSA) is 76.9 Å². The van der Waals surface area contributed by atoms with Gasteiger partial charge in [-0.15, -0.1) is 0 Å². The molecule has 0 saturated heterocycles. The molecule has 4 nitrogen and oxygen atoms in total. The molecule has 1 heterocycles. The Morgan fingerprint density at radius 2 is 2.00 bits per heavy atom. The number of aromatic amines is 1. The Balaban J connectivity index is 2.10. The van der Waals surface area contributed by atoms with Crippen molar-refractivity contribution in [2.24, 2.45) is 0 Å². The van der Waals surface area contributed by atoms with E-state index in [9.17, 15) is 15.2 Å². The van der Waals surface area contributed by atoms with Crippen molar-refractivity contribution in [3.8, 4) is 11.8 Å². The van der Waals surface area contributed by atoms with Gasteiger partial charge in [0.2, 0.25) is 5.78 Å². The first-order chi connectivity index (χ1) is 11.1. The predicted molar refractivity (Wildman–Crippen MR) is 89.1 cm³/mol. The molecule has 3 rings (SSSR count). The molecule has 0 fully saturated rings. The van der Waals surface area contributed by atoms with Gasteiger partial charge in [-0.1, -0.05) is 30.3 Å². The molecule has 0 saturated carbocycles. The van der Waals surface area contributed by atoms with Gasteiger partial charge in [0, 0.05) is 16.6 Å². The maximum atomic E-state index is 12.8. The minimum absolute atomic E-state index is 0.0310. The summed E-state index contributed by atoms with van der Waals surface area (Å²) in [5.74, 6) is -0.238. The Kier molecular flexibility index (Phi) is 3.70. The molecule has 2 N–H and O–H groups in total. The fourth-order valence-electron chi connectivity index (χ4n) is 2.63. The van der Waals surface area contributed by atoms with E-state index in [4.69, 9.17) is 0 Å². The highest BCUT2D eigenvalue weighted by Gasteiger charge is 2.19. The van der Waals surface area contributed by atoms with Crippen LogP contribution in [0.15, 0.2) is 54.1 Å². The van der Waals surface area contributed by atoms with Crippen molar-refractivity contribution in [1.82, 2.24) is 4.98 Å². The van der Waals surface area contributed by atoms with Crippen molar-refractivity contribution in [3.63, 3.8) is 0 Å². The number of allylic oxidation sites excluding steroid dienone is 1. The van der Waals surface area contributed by atoms with Gasteiger partial charge in [-0.25, -0.2) is 0 Å². The van der Waals surface area contributed by atoms with Crippen LogP contribution in [0.3, 0.4) is 0 Å². The van der Waals surface area contributed by atoms with Crippen LogP contribution >= 0.6 is 0 Å². The molecule has 4 heteroatoms. The number of nitrogens with zero attached hydrogens (tertiary/aromatic N) is 1. The smallest absolute Gasteiger partial charge is 0.205 e. The molecule has 0 aliphatic rings. The standard InChI is InChI=1S/C19H14N2O2/c1-12-18(16-7-2-3-8-17(16)21-12)19(23)14(11-20)9-13-5-4-6-15(22)10-13/h2-10,21-22H,1H3/b14-9+. The van der Waals surface area contributed by atoms with Gasteiger partial charge in [0.1, 0.15) is 17.4 Å². The summed E-state index contributed by atoms with van der Waals surface area (Å²) in [6.45, 7) is 1.82. The minimum atomic E-state index is -0.328. The Hall–Kier alpha value is -3.32. The molecule has 1 aromatic heterocycles. The molecule has 0 amide bonds. The second-order valence-corrected chi connectivity index (χ2v) is 5.26. The molecule has 0 unspecified atom stereocenters. The van der Waals surface area contributed by atoms with Crippen LogP contribution in [0, 0.1) is 18.3 Å². The summed E-state index contributed by atoms with van der Waals surface area (Å²) in [6.07, 6.45) is 1.49. The van der Waals surface area contributed by atoms with E-state index in [1.165, 1.54) is 18.2 Å². The van der Waals surface area contributed by atoms with E-state index in [0.717, 1.165) is 16.6 Å². The zero-order valence-corrected chi connectivity index (χ0v) is 12.5. The van der Waals surface area contributed by atoms with Crippen molar-refractivity contribution in [2.45, 2.75) is 6.92 Å². The van der Waals surface area contributed by atoms with E-state index in [1.54, 1.807) is 12.1 Å². The normalized spacial score (nSPS) is 11.4. The minimum Gasteiger partial charge on any atom is -0.508 e. The zero-order valence-electron chi connectivity index (χ0n) is 12.5. The van der Waals surface area contributed by atoms with Gasteiger partial charge in [0.25, 0.3) is 0 Å². The highest BCUT2D eigenvalue weighted by atomic mass is 16.3. The molecule has 0 spiro atoms. The summed E-state index contributed by atoms with van der Waals surface area (Å²) in [4.78, 5) is 16.0. The molecule has 0 atom stereocenters. The molecule has 2 aromatic carbocycles. The van der Waals surface area contributed by atoms with Gasteiger partial charge in [0.15, 0.2) is 0 Å². The van der Waals surface area contributed by atoms with E-state index in [-0.39, 0.29) is 17.1 Å². The predicted octanol–water partition coefficient (Wildman–Crippen LogP) is 3.97. The number of ketones is 1. The van der Waals surface area contributed by atoms with Crippen molar-refractivity contribution >= 4 is 22.8 Å². The third-order valence-electron chi connectivity index (χ3n) is 3.67. The molecule has 112 valence electrons. The van der Waals surface area contributed by atoms with Gasteiger partial charge < -0.3 is 10.1 Å². The molecule has 0 aliphatic carbocycles. The largest absolute Gasteiger partial charge is 0.508 e. The molecule has 3 aromatic rings. The molecule has 0 aliphatic heterocycles. The van der Waals surface area contributed by atoms with E-state index in [0.29, 0.717) is 11.1 Å². The van der Waals surface area contributed by atoms with Gasteiger partial charge in [-0.05, 0) is 36.8 Å². The van der Waals surface area contributed by atoms with Gasteiger partial charge in [-0.3, -0.25) is 4.79 Å². The number of Topliss-reactive ketones (excluding diaryl/α,β-unsaturated/α-hetero) is 1. The Labute approximate surface area is 133 Å². The van der Waals surface area contributed by atoms with E-state index >= 15 is 0 Å². The number of hydrogen-bond acceptors (Lipinski definition) is 3. The number of nitriles is 1. The number of carbonyl (C=O) groups excluding carboxylic acids is 1. The second-order valence-electron chi connectivity index (χ2n) is 5.26. The number of nitrogens with one attached hydrogen (secondary N) is 1. The van der Waals surface area contributed by atoms with Crippen molar-refractivity contribution in [3.05, 3.63) is 70.9 Å². The van der Waals surface area contributed by atoms with Crippen LogP contribution in [-0.2, 0) is 0 Å². The van der Waals surface area contributed by atoms with Crippen LogP contribution in [-0.4, -0.2) is 15.9 Å². The number of hydrogen-bond donors (Lipinski definition) is 2. The number of H-pyrrole nitrogens is 1. The highest BCUT2D eigenvalue weighted by molar-refractivity contribution is 6.20. The van der Waals surface area contributed by atoms with Crippen LogP contribution in [0.5, 0.6) is 5.75 Å². The molecule has 23 heavy (non-hydrogen) atoms. The maximum absolute atomic E-state index is 12.8. The third kappa shape index (κ3) is 2.72. The summed E-state index contributed by atoms with van der Waals surface area (Å²) in [5.41, 5.74) is 2.74. The fourth-order valence-corrected chi connectivity index (χ4v) is 2.63. The zero-order chi connectivity index (χ0) is 16.4. The number of aromatic hydroxyl groups is 1. The number of rotatable bonds is 3. The van der Waals surface area contributed by atoms with Crippen molar-refractivity contribution in [2.75, 3.05) is 0 Å². The average molecular weight is 302 g/mol. The van der Waals surface area contributed by atoms with E-state index in [2.05, 4.69) is 4.98 Å². The van der Waals surface area contributed by atoms with Crippen molar-refractivity contribution < 1.29 is 9.90 Å². The Bertz CT molecular complexity index is 974. The first-order valence-electron chi connectivity index (χ1n) is 7.13. The van der Waals surface area contributed by atoms with Crippen LogP contribution < -0.4 is 0 Å². The lowest BCUT2D eigenvalue weighted by Crippen LogP contribution is -2.03. The summed E-state index contributed by atoms with van der Waals surface area (Å²) in [7, 11) is 0. The monoisotopic (exact) mass is 302 g/mol. The lowest BCUT2D eigenvalue weighted by atomic mass is 9.99. The van der Waals surface area contributed by atoms with Gasteiger partial charge >= 0.3 is 0 Å². The summed E-state index contributed by atoms with van der Waals surface area (Å²) in [5, 5.41) is 19.7. The van der Waals surface area contributed by atoms with Crippen LogP contribution in [0.25, 0.3) is 17.0 Å². The Morgan fingerprint density at radius 1 is 1.22 bits per heavy atom. The van der Waals surface area contributed by atoms with Gasteiger partial charge in [0.05, 0.1) is 5.56 Å². The number of phenolic OH excluding ortho intramolecular Hbond substituents is 1. The first kappa shape index (κ1) is 14.6. The lowest BCUT2D eigenvalue weighted by molar-refractivity contribution is 0.104. The number of aromatic nitrogens is 1. The lowest BCUT2D eigenvalue weighted by Gasteiger charge is -2.01. The molecule has 0 radical (unpaired) electrons.